The third-order valence-corrected chi connectivity index (χ3v) is 3.74. The largest absolute Gasteiger partial charge is 0.353 e. The molecule has 2 aromatic rings. The average molecular weight is 267 g/mol. The van der Waals surface area contributed by atoms with Crippen LogP contribution >= 0.6 is 0 Å². The molecule has 0 unspecified atom stereocenters. The molecule has 1 aliphatic heterocycles. The first-order chi connectivity index (χ1) is 9.88. The highest BCUT2D eigenvalue weighted by atomic mass is 15.2. The second kappa shape index (κ2) is 6.06. The van der Waals surface area contributed by atoms with E-state index in [-0.39, 0.29) is 0 Å². The molecule has 0 atom stereocenters. The Morgan fingerprint density at radius 3 is 2.95 bits per heavy atom. The van der Waals surface area contributed by atoms with E-state index in [2.05, 4.69) is 59.6 Å². The summed E-state index contributed by atoms with van der Waals surface area (Å²) in [5, 5.41) is 4.68. The van der Waals surface area contributed by atoms with Gasteiger partial charge in [0.2, 0.25) is 0 Å². The monoisotopic (exact) mass is 267 g/mol. The predicted molar refractivity (Wildman–Crippen MR) is 85.1 cm³/mol. The Labute approximate surface area is 120 Å². The van der Waals surface area contributed by atoms with Crippen LogP contribution in [0.15, 0.2) is 42.5 Å². The van der Waals surface area contributed by atoms with Gasteiger partial charge in [-0.25, -0.2) is 4.98 Å². The van der Waals surface area contributed by atoms with E-state index >= 15 is 0 Å². The summed E-state index contributed by atoms with van der Waals surface area (Å²) in [4.78, 5) is 7.18. The topological polar surface area (TPSA) is 28.2 Å². The van der Waals surface area contributed by atoms with Crippen LogP contribution in [0.5, 0.6) is 0 Å². The van der Waals surface area contributed by atoms with E-state index in [1.54, 1.807) is 0 Å². The maximum atomic E-state index is 4.83. The van der Waals surface area contributed by atoms with Gasteiger partial charge in [-0.15, -0.1) is 0 Å². The third-order valence-electron chi connectivity index (χ3n) is 3.74. The molecule has 1 N–H and O–H groups in total. The summed E-state index contributed by atoms with van der Waals surface area (Å²) in [6.07, 6.45) is 5.58. The summed E-state index contributed by atoms with van der Waals surface area (Å²) < 4.78 is 0. The van der Waals surface area contributed by atoms with Gasteiger partial charge in [0.15, 0.2) is 0 Å². The van der Waals surface area contributed by atoms with Crippen molar-refractivity contribution in [3.8, 4) is 0 Å². The van der Waals surface area contributed by atoms with Gasteiger partial charge in [0.25, 0.3) is 0 Å². The zero-order chi connectivity index (χ0) is 13.8. The van der Waals surface area contributed by atoms with Crippen molar-refractivity contribution in [3.63, 3.8) is 0 Å². The first-order valence-corrected chi connectivity index (χ1v) is 7.38. The molecule has 3 rings (SSSR count). The fourth-order valence-corrected chi connectivity index (χ4v) is 2.65. The van der Waals surface area contributed by atoms with Crippen LogP contribution in [0.4, 0.5) is 5.82 Å². The Morgan fingerprint density at radius 2 is 2.15 bits per heavy atom. The summed E-state index contributed by atoms with van der Waals surface area (Å²) >= 11 is 0. The maximum Gasteiger partial charge on any atom is 0.129 e. The highest BCUT2D eigenvalue weighted by Crippen LogP contribution is 2.24. The Hall–Kier alpha value is -1.87. The van der Waals surface area contributed by atoms with Crippen LogP contribution in [0.2, 0.25) is 0 Å². The molecule has 2 heterocycles. The summed E-state index contributed by atoms with van der Waals surface area (Å²) in [6, 6.07) is 10.7. The molecule has 0 saturated carbocycles. The molecule has 0 spiro atoms. The van der Waals surface area contributed by atoms with Crippen molar-refractivity contribution in [1.82, 2.24) is 10.3 Å². The third kappa shape index (κ3) is 2.68. The van der Waals surface area contributed by atoms with Crippen molar-refractivity contribution >= 4 is 16.7 Å². The number of pyridine rings is 1. The lowest BCUT2D eigenvalue weighted by Gasteiger charge is -2.25. The number of nitrogens with one attached hydrogen (secondary N) is 1. The summed E-state index contributed by atoms with van der Waals surface area (Å²) in [5.74, 6) is 1.10. The van der Waals surface area contributed by atoms with Crippen LogP contribution in [0.25, 0.3) is 10.9 Å². The van der Waals surface area contributed by atoms with Crippen LogP contribution in [0.1, 0.15) is 18.9 Å². The normalized spacial score (nSPS) is 14.9. The number of aromatic nitrogens is 1. The zero-order valence-electron chi connectivity index (χ0n) is 12.0. The lowest BCUT2D eigenvalue weighted by Crippen LogP contribution is -2.28. The van der Waals surface area contributed by atoms with Crippen LogP contribution in [-0.2, 0) is 6.54 Å². The van der Waals surface area contributed by atoms with Crippen molar-refractivity contribution in [2.45, 2.75) is 19.9 Å². The number of hydrogen-bond donors (Lipinski definition) is 1. The minimum absolute atomic E-state index is 0.899. The minimum Gasteiger partial charge on any atom is -0.353 e. The molecule has 0 saturated heterocycles. The fraction of sp³-hybridized carbons (Fsp3) is 0.353. The number of rotatable bonds is 4. The Morgan fingerprint density at radius 1 is 1.25 bits per heavy atom. The first-order valence-electron chi connectivity index (χ1n) is 7.38. The standard InChI is InChI=1S/C17H21N3/c1-2-18-13-14-12-17(20-10-6-3-7-11-20)19-16-9-5-4-8-15(14)16/h3-6,8-9,12,18H,2,7,10-11,13H2,1H3. The molecule has 104 valence electrons. The fourth-order valence-electron chi connectivity index (χ4n) is 2.65. The minimum atomic E-state index is 0.899. The summed E-state index contributed by atoms with van der Waals surface area (Å²) in [7, 11) is 0. The van der Waals surface area contributed by atoms with E-state index in [0.717, 1.165) is 43.9 Å². The van der Waals surface area contributed by atoms with Gasteiger partial charge in [0.05, 0.1) is 5.52 Å². The van der Waals surface area contributed by atoms with Gasteiger partial charge >= 0.3 is 0 Å². The van der Waals surface area contributed by atoms with Gasteiger partial charge in [0, 0.05) is 25.0 Å². The van der Waals surface area contributed by atoms with Crippen LogP contribution in [-0.4, -0.2) is 24.6 Å². The molecule has 0 amide bonds. The van der Waals surface area contributed by atoms with E-state index in [1.165, 1.54) is 10.9 Å². The zero-order valence-corrected chi connectivity index (χ0v) is 12.0. The molecule has 3 nitrogen and oxygen atoms in total. The van der Waals surface area contributed by atoms with Crippen molar-refractivity contribution in [2.75, 3.05) is 24.5 Å². The van der Waals surface area contributed by atoms with Gasteiger partial charge in [-0.3, -0.25) is 0 Å². The molecular formula is C17H21N3. The quantitative estimate of drug-likeness (QED) is 0.863. The lowest BCUT2D eigenvalue weighted by atomic mass is 10.1. The highest BCUT2D eigenvalue weighted by Gasteiger charge is 2.12. The van der Waals surface area contributed by atoms with Crippen LogP contribution in [0, 0.1) is 0 Å². The number of fused-ring (bicyclic) bond motifs is 1. The molecule has 1 aromatic heterocycles. The molecule has 1 aromatic carbocycles. The van der Waals surface area contributed by atoms with E-state index < -0.39 is 0 Å². The lowest BCUT2D eigenvalue weighted by molar-refractivity contribution is 0.728. The molecule has 1 aliphatic rings. The highest BCUT2D eigenvalue weighted by molar-refractivity contribution is 5.84. The first kappa shape index (κ1) is 13.1. The molecule has 0 bridgehead atoms. The SMILES string of the molecule is CCNCc1cc(N2CC=CCC2)nc2ccccc12. The molecule has 0 aliphatic carbocycles. The Bertz CT molecular complexity index is 619. The number of anilines is 1. The van der Waals surface area contributed by atoms with Gasteiger partial charge < -0.3 is 10.2 Å². The van der Waals surface area contributed by atoms with E-state index in [1.807, 2.05) is 0 Å². The number of para-hydroxylation sites is 1. The smallest absolute Gasteiger partial charge is 0.129 e. The molecule has 20 heavy (non-hydrogen) atoms. The van der Waals surface area contributed by atoms with Crippen molar-refractivity contribution in [3.05, 3.63) is 48.0 Å². The Balaban J connectivity index is 2.02. The molecule has 0 radical (unpaired) electrons. The van der Waals surface area contributed by atoms with E-state index in [9.17, 15) is 0 Å². The Kier molecular flexibility index (Phi) is 3.97. The second-order valence-corrected chi connectivity index (χ2v) is 5.14. The van der Waals surface area contributed by atoms with Crippen LogP contribution < -0.4 is 10.2 Å². The van der Waals surface area contributed by atoms with Gasteiger partial charge in [0.1, 0.15) is 5.82 Å². The van der Waals surface area contributed by atoms with E-state index in [4.69, 9.17) is 4.98 Å². The van der Waals surface area contributed by atoms with Gasteiger partial charge in [-0.2, -0.15) is 0 Å². The van der Waals surface area contributed by atoms with Gasteiger partial charge in [-0.05, 0) is 30.7 Å². The maximum absolute atomic E-state index is 4.83. The number of nitrogens with zero attached hydrogens (tertiary/aromatic N) is 2. The predicted octanol–water partition coefficient (Wildman–Crippen LogP) is 3.11. The number of benzene rings is 1. The molecule has 3 heteroatoms. The molecule has 0 fully saturated rings. The van der Waals surface area contributed by atoms with E-state index in [0.29, 0.717) is 0 Å². The molecular weight excluding hydrogens is 246 g/mol. The van der Waals surface area contributed by atoms with Crippen molar-refractivity contribution < 1.29 is 0 Å². The summed E-state index contributed by atoms with van der Waals surface area (Å²) in [6.45, 7) is 6.04. The van der Waals surface area contributed by atoms with Gasteiger partial charge in [-0.1, -0.05) is 37.3 Å². The number of hydrogen-bond acceptors (Lipinski definition) is 3. The average Bonchev–Trinajstić information content (AvgIpc) is 2.53. The van der Waals surface area contributed by atoms with Crippen molar-refractivity contribution in [2.24, 2.45) is 0 Å². The second-order valence-electron chi connectivity index (χ2n) is 5.14. The summed E-state index contributed by atoms with van der Waals surface area (Å²) in [5.41, 5.74) is 2.43. The van der Waals surface area contributed by atoms with Crippen LogP contribution in [0.3, 0.4) is 0 Å². The van der Waals surface area contributed by atoms with Crippen molar-refractivity contribution in [1.29, 1.82) is 0 Å².